The number of benzene rings is 2. The van der Waals surface area contributed by atoms with Crippen molar-refractivity contribution in [3.05, 3.63) is 78.4 Å². The first-order valence-electron chi connectivity index (χ1n) is 15.6. The molecule has 1 N–H and O–H groups in total. The van der Waals surface area contributed by atoms with Gasteiger partial charge in [0.2, 0.25) is 11.8 Å². The van der Waals surface area contributed by atoms with Crippen LogP contribution in [0, 0.1) is 24.7 Å². The number of halogens is 1. The Kier molecular flexibility index (Phi) is 10.0. The van der Waals surface area contributed by atoms with Crippen molar-refractivity contribution in [3.63, 3.8) is 0 Å². The van der Waals surface area contributed by atoms with Crippen molar-refractivity contribution in [2.45, 2.75) is 49.7 Å². The minimum atomic E-state index is -0.835. The lowest BCUT2D eigenvalue weighted by Crippen LogP contribution is -2.58. The van der Waals surface area contributed by atoms with Crippen LogP contribution in [0.2, 0.25) is 5.02 Å². The molecule has 240 valence electrons. The number of carbonyl (C=O) groups excluding carboxylic acids is 3. The zero-order chi connectivity index (χ0) is 32.5. The molecule has 3 aliphatic rings. The molecule has 1 spiro atoms. The first-order valence-corrected chi connectivity index (χ1v) is 16.8. The zero-order valence-corrected chi connectivity index (χ0v) is 27.7. The van der Waals surface area contributed by atoms with E-state index in [0.717, 1.165) is 5.56 Å². The van der Waals surface area contributed by atoms with Crippen LogP contribution in [0.4, 0.5) is 11.4 Å². The Morgan fingerprint density at radius 3 is 2.44 bits per heavy atom. The summed E-state index contributed by atoms with van der Waals surface area (Å²) in [5.41, 5.74) is 2.11. The maximum atomic E-state index is 14.9. The molecule has 3 saturated heterocycles. The van der Waals surface area contributed by atoms with Gasteiger partial charge >= 0.3 is 0 Å². The number of fused-ring (bicyclic) bond motifs is 1. The minimum absolute atomic E-state index is 0.00479. The number of ether oxygens (including phenoxy) is 1. The van der Waals surface area contributed by atoms with Gasteiger partial charge in [0.1, 0.15) is 11.8 Å². The molecule has 2 bridgehead atoms. The van der Waals surface area contributed by atoms with Crippen LogP contribution in [0.5, 0.6) is 5.75 Å². The molecule has 8 nitrogen and oxygen atoms in total. The summed E-state index contributed by atoms with van der Waals surface area (Å²) >= 11 is 8.30. The standard InChI is InChI=1S/C35H42ClN3O5S/c1-6-17-37(24-13-15-25(16-14-24)44-8-3)32(41)28-27-21-23(5)35(45-27)29(28)33(42)39(19-10-20-40)31(35)34(43)38(18-7-2)30-22(4)11-9-12-26(30)36/h6-7,9,11-16,23,27-29,31,40H,1-2,8,10,17-21H2,3-5H3/t23?,27-,28+,29-,31?,35?/m0/s1. The van der Waals surface area contributed by atoms with Crippen LogP contribution < -0.4 is 14.5 Å². The van der Waals surface area contributed by atoms with Gasteiger partial charge in [-0.3, -0.25) is 14.4 Å². The Morgan fingerprint density at radius 1 is 1.13 bits per heavy atom. The van der Waals surface area contributed by atoms with Crippen LogP contribution in [-0.4, -0.2) is 76.6 Å². The topological polar surface area (TPSA) is 90.4 Å². The normalized spacial score (nSPS) is 26.5. The highest BCUT2D eigenvalue weighted by Gasteiger charge is 2.76. The van der Waals surface area contributed by atoms with Gasteiger partial charge in [0.05, 0.1) is 33.9 Å². The SMILES string of the molecule is C=CCN(C(=O)[C@@H]1[C@@H]2CC(C)C3(S2)C(C(=O)N(CC=C)c2c(C)cccc2Cl)N(CCCO)C(=O)[C@H]13)c1ccc(OCC)cc1. The van der Waals surface area contributed by atoms with Gasteiger partial charge in [0.15, 0.2) is 0 Å². The highest BCUT2D eigenvalue weighted by molar-refractivity contribution is 8.02. The number of para-hydroxylation sites is 1. The predicted molar refractivity (Wildman–Crippen MR) is 181 cm³/mol. The van der Waals surface area contributed by atoms with Gasteiger partial charge in [-0.05, 0) is 68.5 Å². The summed E-state index contributed by atoms with van der Waals surface area (Å²) < 4.78 is 4.78. The van der Waals surface area contributed by atoms with E-state index in [-0.39, 0.29) is 55.1 Å². The van der Waals surface area contributed by atoms with Gasteiger partial charge in [-0.25, -0.2) is 0 Å². The molecule has 6 atom stereocenters. The molecule has 0 radical (unpaired) electrons. The number of aryl methyl sites for hydroxylation is 1. The second-order valence-corrected chi connectivity index (χ2v) is 13.9. The summed E-state index contributed by atoms with van der Waals surface area (Å²) in [6.45, 7) is 14.8. The van der Waals surface area contributed by atoms with Crippen molar-refractivity contribution in [1.82, 2.24) is 4.90 Å². The van der Waals surface area contributed by atoms with Gasteiger partial charge in [-0.15, -0.1) is 24.9 Å². The van der Waals surface area contributed by atoms with E-state index in [1.807, 2.05) is 50.2 Å². The molecule has 3 heterocycles. The van der Waals surface area contributed by atoms with Crippen LogP contribution in [-0.2, 0) is 14.4 Å². The molecule has 3 fully saturated rings. The number of anilines is 2. The maximum absolute atomic E-state index is 14.9. The highest BCUT2D eigenvalue weighted by atomic mass is 35.5. The fraction of sp³-hybridized carbons (Fsp3) is 0.457. The largest absolute Gasteiger partial charge is 0.494 e. The van der Waals surface area contributed by atoms with E-state index in [9.17, 15) is 19.5 Å². The zero-order valence-electron chi connectivity index (χ0n) is 26.2. The summed E-state index contributed by atoms with van der Waals surface area (Å²) in [6, 6.07) is 12.0. The Balaban J connectivity index is 1.58. The average Bonchev–Trinajstić information content (AvgIpc) is 3.61. The van der Waals surface area contributed by atoms with Gasteiger partial charge in [0, 0.05) is 37.2 Å². The monoisotopic (exact) mass is 651 g/mol. The molecule has 2 aromatic carbocycles. The van der Waals surface area contributed by atoms with Crippen LogP contribution in [0.25, 0.3) is 0 Å². The molecule has 0 saturated carbocycles. The number of hydrogen-bond acceptors (Lipinski definition) is 6. The van der Waals surface area contributed by atoms with E-state index in [0.29, 0.717) is 41.6 Å². The third-order valence-corrected chi connectivity index (χ3v) is 11.8. The van der Waals surface area contributed by atoms with E-state index < -0.39 is 22.6 Å². The fourth-order valence-corrected chi connectivity index (χ4v) is 10.3. The first kappa shape index (κ1) is 33.1. The second kappa shape index (κ2) is 13.6. The predicted octanol–water partition coefficient (Wildman–Crippen LogP) is 5.50. The Hall–Kier alpha value is -3.27. The quantitative estimate of drug-likeness (QED) is 0.288. The van der Waals surface area contributed by atoms with Gasteiger partial charge in [-0.1, -0.05) is 42.8 Å². The fourth-order valence-electron chi connectivity index (χ4n) is 7.62. The van der Waals surface area contributed by atoms with Crippen molar-refractivity contribution < 1.29 is 24.2 Å². The van der Waals surface area contributed by atoms with E-state index in [2.05, 4.69) is 20.1 Å². The number of nitrogens with zero attached hydrogens (tertiary/aromatic N) is 3. The Labute approximate surface area is 275 Å². The number of hydrogen-bond donors (Lipinski definition) is 1. The molecule has 0 aliphatic carbocycles. The van der Waals surface area contributed by atoms with Gasteiger partial charge < -0.3 is 24.5 Å². The van der Waals surface area contributed by atoms with E-state index >= 15 is 0 Å². The van der Waals surface area contributed by atoms with E-state index in [1.165, 1.54) is 0 Å². The van der Waals surface area contributed by atoms with Crippen LogP contribution in [0.15, 0.2) is 67.8 Å². The van der Waals surface area contributed by atoms with Crippen molar-refractivity contribution in [2.75, 3.05) is 42.6 Å². The van der Waals surface area contributed by atoms with E-state index in [1.54, 1.807) is 44.7 Å². The van der Waals surface area contributed by atoms with Crippen LogP contribution in [0.3, 0.4) is 0 Å². The minimum Gasteiger partial charge on any atom is -0.494 e. The number of aliphatic hydroxyl groups is 1. The number of likely N-dealkylation sites (tertiary alicyclic amines) is 1. The Morgan fingerprint density at radius 2 is 1.82 bits per heavy atom. The summed E-state index contributed by atoms with van der Waals surface area (Å²) in [5.74, 6) is -1.21. The number of aliphatic hydroxyl groups excluding tert-OH is 1. The molecule has 5 rings (SSSR count). The third-order valence-electron chi connectivity index (χ3n) is 9.39. The van der Waals surface area contributed by atoms with Crippen molar-refractivity contribution in [3.8, 4) is 5.75 Å². The van der Waals surface area contributed by atoms with Gasteiger partial charge in [0.25, 0.3) is 5.91 Å². The average molecular weight is 652 g/mol. The molecule has 3 amide bonds. The molecule has 3 aliphatic heterocycles. The number of thioether (sulfide) groups is 1. The first-order chi connectivity index (χ1) is 21.7. The van der Waals surface area contributed by atoms with Crippen LogP contribution in [0.1, 0.15) is 32.3 Å². The molecule has 0 aromatic heterocycles. The smallest absolute Gasteiger partial charge is 0.251 e. The lowest BCUT2D eigenvalue weighted by molar-refractivity contribution is -0.139. The lowest BCUT2D eigenvalue weighted by Gasteiger charge is -2.41. The number of amides is 3. The van der Waals surface area contributed by atoms with Crippen LogP contribution >= 0.6 is 23.4 Å². The molecule has 10 heteroatoms. The number of rotatable bonds is 13. The van der Waals surface area contributed by atoms with Gasteiger partial charge in [-0.2, -0.15) is 0 Å². The highest BCUT2D eigenvalue weighted by Crippen LogP contribution is 2.69. The lowest BCUT2D eigenvalue weighted by atomic mass is 9.65. The van der Waals surface area contributed by atoms with Crippen molar-refractivity contribution in [2.24, 2.45) is 17.8 Å². The molecule has 2 aromatic rings. The van der Waals surface area contributed by atoms with Crippen molar-refractivity contribution in [1.29, 1.82) is 0 Å². The maximum Gasteiger partial charge on any atom is 0.251 e. The summed E-state index contributed by atoms with van der Waals surface area (Å²) in [5, 5.41) is 10.1. The molecule has 45 heavy (non-hydrogen) atoms. The number of carbonyl (C=O) groups is 3. The molecule has 3 unspecified atom stereocenters. The molecular weight excluding hydrogens is 610 g/mol. The summed E-state index contributed by atoms with van der Waals surface area (Å²) in [4.78, 5) is 48.9. The molecular formula is C35H42ClN3O5S. The summed E-state index contributed by atoms with van der Waals surface area (Å²) in [6.07, 6.45) is 4.37. The summed E-state index contributed by atoms with van der Waals surface area (Å²) in [7, 11) is 0. The Bertz CT molecular complexity index is 1450. The second-order valence-electron chi connectivity index (χ2n) is 12.0. The van der Waals surface area contributed by atoms with Crippen molar-refractivity contribution >= 4 is 52.5 Å². The third kappa shape index (κ3) is 5.57. The van der Waals surface area contributed by atoms with E-state index in [4.69, 9.17) is 16.3 Å².